The van der Waals surface area contributed by atoms with Crippen LogP contribution in [-0.2, 0) is 28.9 Å². The molecule has 2 aliphatic heterocycles. The van der Waals surface area contributed by atoms with Crippen LogP contribution in [0, 0.1) is 11.8 Å². The quantitative estimate of drug-likeness (QED) is 0.359. The fourth-order valence-corrected chi connectivity index (χ4v) is 7.30. The first-order chi connectivity index (χ1) is 19.9. The Morgan fingerprint density at radius 1 is 1.05 bits per heavy atom. The van der Waals surface area contributed by atoms with E-state index in [1.165, 1.54) is 50.3 Å². The summed E-state index contributed by atoms with van der Waals surface area (Å²) in [4.78, 5) is 20.0. The number of ether oxygens (including phenoxy) is 2. The topological polar surface area (TPSA) is 68.6 Å². The van der Waals surface area contributed by atoms with Gasteiger partial charge in [-0.3, -0.25) is 4.90 Å². The average Bonchev–Trinajstić information content (AvgIpc) is 3.33. The molecule has 1 N–H and O–H groups in total. The van der Waals surface area contributed by atoms with Crippen LogP contribution in [0.3, 0.4) is 0 Å². The number of aryl methyl sites for hydroxylation is 1. The molecule has 220 valence electrons. The largest absolute Gasteiger partial charge is 0.452 e. The number of anilines is 1. The Hall–Kier alpha value is -2.90. The van der Waals surface area contributed by atoms with E-state index in [0.717, 1.165) is 74.5 Å². The predicted octanol–water partition coefficient (Wildman–Crippen LogP) is 6.50. The van der Waals surface area contributed by atoms with Crippen LogP contribution in [0.15, 0.2) is 42.5 Å². The number of carbonyl (C=O) groups excluding carboxylic acids is 1. The summed E-state index contributed by atoms with van der Waals surface area (Å²) >= 11 is 0. The summed E-state index contributed by atoms with van der Waals surface area (Å²) in [5, 5.41) is 3.47. The molecule has 3 aliphatic rings. The number of amides is 1. The maximum absolute atomic E-state index is 12.9. The van der Waals surface area contributed by atoms with Crippen LogP contribution in [-0.4, -0.2) is 54.1 Å². The SMILES string of the molecule is COC(=O)N1c2ccc3c(nc(Cc4ccccc4)n3CC3CCC[C@@H](OCC4CCNCC4)C3)c2CCC1(C)C. The minimum atomic E-state index is -0.311. The molecule has 1 amide bonds. The van der Waals surface area contributed by atoms with Crippen molar-refractivity contribution >= 4 is 22.8 Å². The number of nitrogens with zero attached hydrogens (tertiary/aromatic N) is 3. The number of imidazole rings is 1. The molecule has 1 saturated heterocycles. The maximum Gasteiger partial charge on any atom is 0.414 e. The van der Waals surface area contributed by atoms with Gasteiger partial charge in [0.05, 0.1) is 29.9 Å². The fourth-order valence-electron chi connectivity index (χ4n) is 7.30. The molecule has 1 saturated carbocycles. The molecule has 2 atom stereocenters. The van der Waals surface area contributed by atoms with Crippen LogP contribution in [0.25, 0.3) is 11.0 Å². The number of fused-ring (bicyclic) bond motifs is 3. The molecule has 0 bridgehead atoms. The van der Waals surface area contributed by atoms with Crippen molar-refractivity contribution in [1.82, 2.24) is 14.9 Å². The molecular weight excluding hydrogens is 512 g/mol. The van der Waals surface area contributed by atoms with Crippen LogP contribution >= 0.6 is 0 Å². The lowest BCUT2D eigenvalue weighted by Gasteiger charge is -2.42. The standard InChI is InChI=1S/C34H46N4O3/c1-34(2)17-14-28-29(38(34)33(39)40-3)12-13-30-32(28)36-31(21-24-8-5-4-6-9-24)37(30)22-26-10-7-11-27(20-26)41-23-25-15-18-35-19-16-25/h4-6,8-9,12-13,25-27,35H,7,10-11,14-23H2,1-3H3/t26?,27-/m1/s1. The van der Waals surface area contributed by atoms with Gasteiger partial charge in [-0.25, -0.2) is 9.78 Å². The lowest BCUT2D eigenvalue weighted by atomic mass is 9.86. The highest BCUT2D eigenvalue weighted by Gasteiger charge is 2.39. The average molecular weight is 559 g/mol. The van der Waals surface area contributed by atoms with Gasteiger partial charge in [0.2, 0.25) is 0 Å². The molecule has 3 heterocycles. The molecule has 7 nitrogen and oxygen atoms in total. The van der Waals surface area contributed by atoms with Gasteiger partial charge in [0, 0.05) is 30.7 Å². The first-order valence-corrected chi connectivity index (χ1v) is 15.7. The molecule has 1 aromatic heterocycles. The van der Waals surface area contributed by atoms with Crippen molar-refractivity contribution in [2.45, 2.75) is 89.8 Å². The number of rotatable bonds is 7. The molecular formula is C34H46N4O3. The minimum absolute atomic E-state index is 0.308. The number of benzene rings is 2. The molecule has 3 aromatic rings. The maximum atomic E-state index is 12.9. The van der Waals surface area contributed by atoms with Crippen molar-refractivity contribution in [1.29, 1.82) is 0 Å². The summed E-state index contributed by atoms with van der Waals surface area (Å²) in [5.41, 5.74) is 5.26. The van der Waals surface area contributed by atoms with Gasteiger partial charge in [-0.1, -0.05) is 36.8 Å². The zero-order chi connectivity index (χ0) is 28.4. The second-order valence-electron chi connectivity index (χ2n) is 13.0. The molecule has 1 unspecified atom stereocenters. The van der Waals surface area contributed by atoms with Crippen LogP contribution < -0.4 is 10.2 Å². The highest BCUT2D eigenvalue weighted by molar-refractivity contribution is 5.96. The first kappa shape index (κ1) is 28.2. The van der Waals surface area contributed by atoms with Gasteiger partial charge in [-0.15, -0.1) is 0 Å². The van der Waals surface area contributed by atoms with Gasteiger partial charge < -0.3 is 19.4 Å². The lowest BCUT2D eigenvalue weighted by Crippen LogP contribution is -2.51. The Bertz CT molecular complexity index is 1350. The summed E-state index contributed by atoms with van der Waals surface area (Å²) in [6.07, 6.45) is 9.81. The summed E-state index contributed by atoms with van der Waals surface area (Å²) in [6, 6.07) is 14.9. The minimum Gasteiger partial charge on any atom is -0.452 e. The molecule has 2 aromatic carbocycles. The number of nitrogens with one attached hydrogen (secondary N) is 1. The molecule has 1 aliphatic carbocycles. The number of methoxy groups -OCH3 is 1. The monoisotopic (exact) mass is 558 g/mol. The normalized spacial score (nSPS) is 23.0. The van der Waals surface area contributed by atoms with Gasteiger partial charge in [0.25, 0.3) is 0 Å². The van der Waals surface area contributed by atoms with E-state index in [1.54, 1.807) is 0 Å². The van der Waals surface area contributed by atoms with Gasteiger partial charge in [-0.05, 0) is 101 Å². The van der Waals surface area contributed by atoms with E-state index in [4.69, 9.17) is 14.5 Å². The summed E-state index contributed by atoms with van der Waals surface area (Å²) < 4.78 is 14.2. The fraction of sp³-hybridized carbons (Fsp3) is 0.588. The number of hydrogen-bond donors (Lipinski definition) is 1. The van der Waals surface area contributed by atoms with Crippen molar-refractivity contribution in [2.75, 3.05) is 31.7 Å². The van der Waals surface area contributed by atoms with Crippen molar-refractivity contribution in [3.05, 3.63) is 59.4 Å². The van der Waals surface area contributed by atoms with Crippen molar-refractivity contribution in [3.63, 3.8) is 0 Å². The van der Waals surface area contributed by atoms with Gasteiger partial charge in [0.15, 0.2) is 0 Å². The number of hydrogen-bond acceptors (Lipinski definition) is 5. The van der Waals surface area contributed by atoms with Crippen LogP contribution in [0.1, 0.15) is 75.7 Å². The molecule has 41 heavy (non-hydrogen) atoms. The molecule has 0 radical (unpaired) electrons. The van der Waals surface area contributed by atoms with Crippen LogP contribution in [0.2, 0.25) is 0 Å². The zero-order valence-corrected chi connectivity index (χ0v) is 25.0. The summed E-state index contributed by atoms with van der Waals surface area (Å²) in [7, 11) is 1.46. The Labute approximate surface area is 244 Å². The molecule has 7 heteroatoms. The van der Waals surface area contributed by atoms with E-state index in [2.05, 4.69) is 66.2 Å². The predicted molar refractivity (Wildman–Crippen MR) is 164 cm³/mol. The first-order valence-electron chi connectivity index (χ1n) is 15.7. The van der Waals surface area contributed by atoms with Crippen LogP contribution in [0.4, 0.5) is 10.5 Å². The smallest absolute Gasteiger partial charge is 0.414 e. The highest BCUT2D eigenvalue weighted by atomic mass is 16.5. The van der Waals surface area contributed by atoms with E-state index in [0.29, 0.717) is 17.9 Å². The van der Waals surface area contributed by atoms with E-state index in [1.807, 2.05) is 4.90 Å². The molecule has 0 spiro atoms. The third-order valence-electron chi connectivity index (χ3n) is 9.68. The lowest BCUT2D eigenvalue weighted by molar-refractivity contribution is -0.0117. The third-order valence-corrected chi connectivity index (χ3v) is 9.68. The second-order valence-corrected chi connectivity index (χ2v) is 13.0. The number of aromatic nitrogens is 2. The Morgan fingerprint density at radius 3 is 2.63 bits per heavy atom. The summed E-state index contributed by atoms with van der Waals surface area (Å²) in [5.74, 6) is 2.37. The van der Waals surface area contributed by atoms with Gasteiger partial charge in [-0.2, -0.15) is 0 Å². The van der Waals surface area contributed by atoms with Crippen molar-refractivity contribution < 1.29 is 14.3 Å². The molecule has 2 fully saturated rings. The van der Waals surface area contributed by atoms with E-state index < -0.39 is 0 Å². The van der Waals surface area contributed by atoms with Gasteiger partial charge >= 0.3 is 6.09 Å². The number of carbonyl (C=O) groups is 1. The van der Waals surface area contributed by atoms with Crippen molar-refractivity contribution in [3.8, 4) is 0 Å². The summed E-state index contributed by atoms with van der Waals surface area (Å²) in [6.45, 7) is 8.34. The van der Waals surface area contributed by atoms with Gasteiger partial charge in [0.1, 0.15) is 5.82 Å². The Balaban J connectivity index is 1.30. The van der Waals surface area contributed by atoms with E-state index >= 15 is 0 Å². The highest BCUT2D eigenvalue weighted by Crippen LogP contribution is 2.41. The molecule has 6 rings (SSSR count). The van der Waals surface area contributed by atoms with Crippen LogP contribution in [0.5, 0.6) is 0 Å². The third kappa shape index (κ3) is 6.02. The van der Waals surface area contributed by atoms with E-state index in [-0.39, 0.29) is 11.6 Å². The van der Waals surface area contributed by atoms with E-state index in [9.17, 15) is 4.79 Å². The number of piperidine rings is 1. The van der Waals surface area contributed by atoms with Crippen molar-refractivity contribution in [2.24, 2.45) is 11.8 Å². The zero-order valence-electron chi connectivity index (χ0n) is 25.0. The Morgan fingerprint density at radius 2 is 1.85 bits per heavy atom. The second kappa shape index (κ2) is 12.1. The Kier molecular flexibility index (Phi) is 8.36.